The third-order valence-corrected chi connectivity index (χ3v) is 1.29. The summed E-state index contributed by atoms with van der Waals surface area (Å²) in [5.74, 6) is 0.380. The van der Waals surface area contributed by atoms with Gasteiger partial charge in [-0.2, -0.15) is 9.97 Å². The van der Waals surface area contributed by atoms with E-state index in [1.165, 1.54) is 14.2 Å². The number of rotatable bonds is 3. The molecule has 0 aliphatic rings. The van der Waals surface area contributed by atoms with Gasteiger partial charge in [0.05, 0.1) is 26.5 Å². The molecule has 1 aromatic rings. The van der Waals surface area contributed by atoms with Crippen LogP contribution in [0.25, 0.3) is 0 Å². The van der Waals surface area contributed by atoms with Crippen molar-refractivity contribution < 1.29 is 14.6 Å². The molecule has 12 heavy (non-hydrogen) atoms. The summed E-state index contributed by atoms with van der Waals surface area (Å²) in [6, 6.07) is 1.74. The molecule has 1 heterocycles. The van der Waals surface area contributed by atoms with Crippen LogP contribution in [0.4, 0.5) is 0 Å². The van der Waals surface area contributed by atoms with Gasteiger partial charge in [-0.05, 0) is 0 Å². The van der Waals surface area contributed by atoms with Gasteiger partial charge >= 0.3 is 6.01 Å². The van der Waals surface area contributed by atoms with E-state index in [1.807, 2.05) is 0 Å². The van der Waals surface area contributed by atoms with Crippen molar-refractivity contribution in [3.05, 3.63) is 11.8 Å². The highest BCUT2D eigenvalue weighted by Crippen LogP contribution is 2.12. The first kappa shape index (κ1) is 8.73. The van der Waals surface area contributed by atoms with E-state index >= 15 is 0 Å². The molecule has 1 rings (SSSR count). The summed E-state index contributed by atoms with van der Waals surface area (Å²) in [5, 5.41) is 8.78. The van der Waals surface area contributed by atoms with Crippen molar-refractivity contribution in [1.82, 2.24) is 9.97 Å². The maximum Gasteiger partial charge on any atom is 0.319 e. The fourth-order valence-electron chi connectivity index (χ4n) is 0.726. The van der Waals surface area contributed by atoms with Crippen LogP contribution < -0.4 is 9.47 Å². The summed E-state index contributed by atoms with van der Waals surface area (Å²) >= 11 is 0. The zero-order valence-electron chi connectivity index (χ0n) is 6.94. The number of hydrogen-bond donors (Lipinski definition) is 1. The Morgan fingerprint density at radius 1 is 1.33 bits per heavy atom. The van der Waals surface area contributed by atoms with E-state index in [9.17, 15) is 0 Å². The Kier molecular flexibility index (Phi) is 2.82. The molecule has 0 fully saturated rings. The first-order chi connectivity index (χ1) is 5.80. The average Bonchev–Trinajstić information content (AvgIpc) is 2.16. The molecule has 5 nitrogen and oxygen atoms in total. The zero-order valence-corrected chi connectivity index (χ0v) is 6.94. The second-order valence-corrected chi connectivity index (χ2v) is 2.05. The summed E-state index contributed by atoms with van der Waals surface area (Å²) in [6.07, 6.45) is 0. The quantitative estimate of drug-likeness (QED) is 0.691. The van der Waals surface area contributed by atoms with E-state index in [-0.39, 0.29) is 12.6 Å². The molecule has 5 heteroatoms. The van der Waals surface area contributed by atoms with Gasteiger partial charge in [0.25, 0.3) is 0 Å². The number of hydrogen-bond acceptors (Lipinski definition) is 5. The van der Waals surface area contributed by atoms with Gasteiger partial charge in [-0.15, -0.1) is 0 Å². The largest absolute Gasteiger partial charge is 0.481 e. The van der Waals surface area contributed by atoms with Crippen LogP contribution in [0.1, 0.15) is 5.69 Å². The topological polar surface area (TPSA) is 64.5 Å². The highest BCUT2D eigenvalue weighted by molar-refractivity contribution is 5.17. The molecule has 66 valence electrons. The first-order valence-corrected chi connectivity index (χ1v) is 3.37. The van der Waals surface area contributed by atoms with Crippen LogP contribution in [0.2, 0.25) is 0 Å². The first-order valence-electron chi connectivity index (χ1n) is 3.37. The van der Waals surface area contributed by atoms with Crippen LogP contribution in [-0.2, 0) is 6.61 Å². The summed E-state index contributed by atoms with van der Waals surface area (Å²) in [5.41, 5.74) is 0.471. The molecule has 0 spiro atoms. The SMILES string of the molecule is COc1cc(CO)nc(OC)n1. The van der Waals surface area contributed by atoms with Crippen LogP contribution in [0.3, 0.4) is 0 Å². The summed E-state index contributed by atoms with van der Waals surface area (Å²) in [7, 11) is 2.94. The Bertz CT molecular complexity index is 210. The lowest BCUT2D eigenvalue weighted by atomic mass is 10.4. The molecule has 0 atom stereocenters. The number of aliphatic hydroxyl groups is 1. The number of methoxy groups -OCH3 is 2. The van der Waals surface area contributed by atoms with Crippen LogP contribution >= 0.6 is 0 Å². The van der Waals surface area contributed by atoms with E-state index in [0.717, 1.165) is 0 Å². The van der Waals surface area contributed by atoms with Crippen molar-refractivity contribution in [3.63, 3.8) is 0 Å². The molecule has 0 aromatic carbocycles. The van der Waals surface area contributed by atoms with Crippen molar-refractivity contribution in [3.8, 4) is 11.9 Å². The Morgan fingerprint density at radius 3 is 2.58 bits per heavy atom. The molecule has 0 saturated heterocycles. The Hall–Kier alpha value is -1.36. The summed E-state index contributed by atoms with van der Waals surface area (Å²) in [6.45, 7) is -0.158. The molecular weight excluding hydrogens is 160 g/mol. The van der Waals surface area contributed by atoms with Crippen LogP contribution in [0, 0.1) is 0 Å². The molecule has 0 saturated carbocycles. The molecule has 0 aliphatic heterocycles. The maximum absolute atomic E-state index is 8.78. The standard InChI is InChI=1S/C7H10N2O3/c1-11-6-3-5(4-10)8-7(9-6)12-2/h3,10H,4H2,1-2H3. The Morgan fingerprint density at radius 2 is 2.08 bits per heavy atom. The van der Waals surface area contributed by atoms with Crippen molar-refractivity contribution in [1.29, 1.82) is 0 Å². The summed E-state index contributed by atoms with van der Waals surface area (Å²) in [4.78, 5) is 7.71. The van der Waals surface area contributed by atoms with Crippen molar-refractivity contribution >= 4 is 0 Å². The lowest BCUT2D eigenvalue weighted by Gasteiger charge is -2.03. The normalized spacial score (nSPS) is 9.58. The predicted molar refractivity (Wildman–Crippen MR) is 41.1 cm³/mol. The van der Waals surface area contributed by atoms with Crippen LogP contribution in [0.15, 0.2) is 6.07 Å². The molecular formula is C7H10N2O3. The van der Waals surface area contributed by atoms with E-state index in [1.54, 1.807) is 6.07 Å². The van der Waals surface area contributed by atoms with Gasteiger partial charge in [0.15, 0.2) is 0 Å². The van der Waals surface area contributed by atoms with E-state index in [4.69, 9.17) is 14.6 Å². The molecule has 0 amide bonds. The van der Waals surface area contributed by atoms with Crippen molar-refractivity contribution in [2.75, 3.05) is 14.2 Å². The van der Waals surface area contributed by atoms with E-state index in [2.05, 4.69) is 9.97 Å². The lowest BCUT2D eigenvalue weighted by molar-refractivity contribution is 0.270. The Labute approximate surface area is 70.0 Å². The number of aromatic nitrogens is 2. The molecule has 1 aromatic heterocycles. The minimum absolute atomic E-state index is 0.158. The van der Waals surface area contributed by atoms with Gasteiger partial charge in [0.1, 0.15) is 0 Å². The molecule has 0 aliphatic carbocycles. The van der Waals surface area contributed by atoms with Gasteiger partial charge < -0.3 is 14.6 Å². The molecule has 0 unspecified atom stereocenters. The van der Waals surface area contributed by atoms with Crippen LogP contribution in [0.5, 0.6) is 11.9 Å². The van der Waals surface area contributed by atoms with Gasteiger partial charge in [-0.1, -0.05) is 0 Å². The minimum atomic E-state index is -0.158. The highest BCUT2D eigenvalue weighted by atomic mass is 16.5. The average molecular weight is 170 g/mol. The lowest BCUT2D eigenvalue weighted by Crippen LogP contribution is -1.99. The van der Waals surface area contributed by atoms with E-state index < -0.39 is 0 Å². The van der Waals surface area contributed by atoms with Gasteiger partial charge in [-0.25, -0.2) is 0 Å². The minimum Gasteiger partial charge on any atom is -0.481 e. The molecule has 0 bridgehead atoms. The van der Waals surface area contributed by atoms with Gasteiger partial charge in [0.2, 0.25) is 5.88 Å². The van der Waals surface area contributed by atoms with Gasteiger partial charge in [0, 0.05) is 6.07 Å². The molecule has 1 N–H and O–H groups in total. The fourth-order valence-corrected chi connectivity index (χ4v) is 0.726. The third-order valence-electron chi connectivity index (χ3n) is 1.29. The maximum atomic E-state index is 8.78. The highest BCUT2D eigenvalue weighted by Gasteiger charge is 2.02. The molecule has 0 radical (unpaired) electrons. The summed E-state index contributed by atoms with van der Waals surface area (Å²) < 4.78 is 9.64. The zero-order chi connectivity index (χ0) is 8.97. The van der Waals surface area contributed by atoms with Crippen molar-refractivity contribution in [2.24, 2.45) is 0 Å². The number of ether oxygens (including phenoxy) is 2. The second kappa shape index (κ2) is 3.87. The third kappa shape index (κ3) is 1.82. The van der Waals surface area contributed by atoms with Gasteiger partial charge in [-0.3, -0.25) is 0 Å². The second-order valence-electron chi connectivity index (χ2n) is 2.05. The monoisotopic (exact) mass is 170 g/mol. The number of nitrogens with zero attached hydrogens (tertiary/aromatic N) is 2. The predicted octanol–water partition coefficient (Wildman–Crippen LogP) is -0.0139. The Balaban J connectivity index is 3.01. The fraction of sp³-hybridized carbons (Fsp3) is 0.429. The van der Waals surface area contributed by atoms with Crippen LogP contribution in [-0.4, -0.2) is 29.3 Å². The van der Waals surface area contributed by atoms with E-state index in [0.29, 0.717) is 11.6 Å². The van der Waals surface area contributed by atoms with Crippen molar-refractivity contribution in [2.45, 2.75) is 6.61 Å². The smallest absolute Gasteiger partial charge is 0.319 e. The number of aliphatic hydroxyl groups excluding tert-OH is 1.